The molecule has 0 spiro atoms. The molecule has 2 radical (unpaired) electrons. The molecule has 0 nitrogen and oxygen atoms in total. The fourth-order valence-electron chi connectivity index (χ4n) is 7.30. The molecule has 0 aliphatic heterocycles. The van der Waals surface area contributed by atoms with Crippen molar-refractivity contribution in [1.29, 1.82) is 0 Å². The van der Waals surface area contributed by atoms with Gasteiger partial charge in [0, 0.05) is 9.52 Å². The van der Waals surface area contributed by atoms with Gasteiger partial charge in [0.25, 0.3) is 0 Å². The number of hydrogen-bond acceptors (Lipinski definition) is 0. The number of hydrogen-bond donors (Lipinski definition) is 0. The van der Waals surface area contributed by atoms with Crippen LogP contribution >= 0.6 is 17.0 Å². The Labute approximate surface area is 387 Å². The van der Waals surface area contributed by atoms with Crippen molar-refractivity contribution in [3.63, 3.8) is 0 Å². The molecular formula is C48H48Cl2F12SiZr. The zero-order valence-corrected chi connectivity index (χ0v) is 41.0. The van der Waals surface area contributed by atoms with Crippen LogP contribution in [0.4, 0.5) is 52.7 Å². The van der Waals surface area contributed by atoms with Crippen molar-refractivity contribution in [1.82, 2.24) is 0 Å². The van der Waals surface area contributed by atoms with Crippen molar-refractivity contribution in [2.45, 2.75) is 117 Å². The summed E-state index contributed by atoms with van der Waals surface area (Å²) in [7, 11) is 11.0. The average molecular weight is 1040 g/mol. The van der Waals surface area contributed by atoms with E-state index < -0.39 is 67.8 Å². The quantitative estimate of drug-likeness (QED) is 0.0729. The van der Waals surface area contributed by atoms with Crippen molar-refractivity contribution >= 4 is 48.1 Å². The molecule has 0 N–H and O–H groups in total. The molecule has 346 valence electrons. The van der Waals surface area contributed by atoms with Gasteiger partial charge in [-0.05, 0) is 73.2 Å². The summed E-state index contributed by atoms with van der Waals surface area (Å²) in [6, 6.07) is 18.7. The molecule has 0 atom stereocenters. The average Bonchev–Trinajstić information content (AvgIpc) is 3.84. The summed E-state index contributed by atoms with van der Waals surface area (Å²) in [6.07, 6.45) is -12.9. The van der Waals surface area contributed by atoms with E-state index in [1.165, 1.54) is 0 Å². The monoisotopic (exact) mass is 1040 g/mol. The first-order valence-corrected chi connectivity index (χ1v) is 28.8. The van der Waals surface area contributed by atoms with Gasteiger partial charge >= 0.3 is 62.6 Å². The van der Waals surface area contributed by atoms with Crippen LogP contribution in [0, 0.1) is 0 Å². The molecule has 64 heavy (non-hydrogen) atoms. The Bertz CT molecular complexity index is 2170. The Hall–Kier alpha value is -3.06. The maximum atomic E-state index is 13.3. The molecule has 0 heterocycles. The molecular weight excluding hydrogens is 995 g/mol. The Morgan fingerprint density at radius 3 is 1.00 bits per heavy atom. The van der Waals surface area contributed by atoms with Crippen LogP contribution in [0.1, 0.15) is 97.9 Å². The number of alkyl halides is 12. The normalized spacial score (nSPS) is 11.9. The number of unbranched alkanes of at least 4 members (excludes halogenated alkanes) is 2. The van der Waals surface area contributed by atoms with Crippen LogP contribution in [0.3, 0.4) is 0 Å². The van der Waals surface area contributed by atoms with Crippen molar-refractivity contribution in [2.24, 2.45) is 0 Å². The van der Waals surface area contributed by atoms with E-state index in [0.717, 1.165) is 105 Å². The molecule has 0 fully saturated rings. The fraction of sp³-hybridized carbons (Fsp3) is 0.375. The van der Waals surface area contributed by atoms with Crippen molar-refractivity contribution in [3.05, 3.63) is 129 Å². The van der Waals surface area contributed by atoms with Gasteiger partial charge in [0.2, 0.25) is 0 Å². The van der Waals surface area contributed by atoms with E-state index >= 15 is 0 Å². The Kier molecular flexibility index (Phi) is 20.8. The summed E-state index contributed by atoms with van der Waals surface area (Å²) in [5.41, 5.74) is -0.858. The molecule has 6 rings (SSSR count). The summed E-state index contributed by atoms with van der Waals surface area (Å²) in [4.78, 5) is 0. The first kappa shape index (κ1) is 55.3. The van der Waals surface area contributed by atoms with Gasteiger partial charge in [-0.1, -0.05) is 88.7 Å². The van der Waals surface area contributed by atoms with Crippen LogP contribution in [-0.4, -0.2) is 9.52 Å². The molecule has 0 aliphatic carbocycles. The Morgan fingerprint density at radius 1 is 0.484 bits per heavy atom. The standard InChI is InChI=1S/2C23H21F6.C2H6Si.2ClH.Zr/c2*1-3-5-6-14-9-16-8-7-15(4-2)21(20(16)10-14)17-11-18(22(24,25)26)13-19(12-17)23(27,28)29;1-3-2;;;/h2*7-13H,3-6H2,1-2H3;1-2H3;2*1H;/q2*-1;;;;+4/p-2. The first-order valence-electron chi connectivity index (χ1n) is 20.5. The third-order valence-electron chi connectivity index (χ3n) is 10.2. The minimum absolute atomic E-state index is 0.0535. The number of halogens is 14. The van der Waals surface area contributed by atoms with E-state index in [2.05, 4.69) is 26.9 Å². The molecule has 0 aromatic heterocycles. The summed E-state index contributed by atoms with van der Waals surface area (Å²) >= 11 is -0.826. The predicted octanol–water partition coefficient (Wildman–Crippen LogP) is 18.5. The molecule has 0 aliphatic rings. The topological polar surface area (TPSA) is 0 Å². The Balaban J connectivity index is 0.000000303. The van der Waals surface area contributed by atoms with E-state index in [1.807, 2.05) is 50.2 Å². The predicted molar refractivity (Wildman–Crippen MR) is 235 cm³/mol. The number of aryl methyl sites for hydroxylation is 4. The Morgan fingerprint density at radius 2 is 0.766 bits per heavy atom. The van der Waals surface area contributed by atoms with E-state index in [4.69, 9.17) is 17.0 Å². The molecule has 0 unspecified atom stereocenters. The SMILES string of the molecule is CCCCc1cc2c(-c3cc(C(F)(F)F)cc(C(F)(F)F)c3)c(CC)ccc2[cH-]1.CCCCc1cc2c(-c3cc(C(F)(F)F)cc(C(F)(F)F)c3)c(CC)ccc2[cH-]1.C[Si]C.[Cl][Zr+2][Cl]. The second-order valence-corrected chi connectivity index (χ2v) is 19.7. The van der Waals surface area contributed by atoms with E-state index in [9.17, 15) is 52.7 Å². The van der Waals surface area contributed by atoms with Crippen LogP contribution in [0.5, 0.6) is 0 Å². The van der Waals surface area contributed by atoms with Crippen molar-refractivity contribution in [2.75, 3.05) is 0 Å². The van der Waals surface area contributed by atoms with Crippen molar-refractivity contribution < 1.29 is 73.5 Å². The van der Waals surface area contributed by atoms with Gasteiger partial charge in [0.1, 0.15) is 0 Å². The van der Waals surface area contributed by atoms with Gasteiger partial charge in [-0.3, -0.25) is 0 Å². The summed E-state index contributed by atoms with van der Waals surface area (Å²) in [5.74, 6) is 0. The van der Waals surface area contributed by atoms with Gasteiger partial charge in [0.05, 0.1) is 22.3 Å². The second kappa shape index (κ2) is 24.1. The zero-order chi connectivity index (χ0) is 48.2. The van der Waals surface area contributed by atoms with E-state index in [1.54, 1.807) is 12.1 Å². The van der Waals surface area contributed by atoms with Crippen LogP contribution in [0.25, 0.3) is 43.8 Å². The summed E-state index contributed by atoms with van der Waals surface area (Å²) in [5, 5.41) is 3.05. The second-order valence-electron chi connectivity index (χ2n) is 15.0. The molecule has 0 bridgehead atoms. The molecule has 0 saturated heterocycles. The number of rotatable bonds is 10. The van der Waals surface area contributed by atoms with Crippen LogP contribution in [0.2, 0.25) is 13.1 Å². The number of benzene rings is 4. The van der Waals surface area contributed by atoms with Gasteiger partial charge in [-0.15, -0.1) is 69.1 Å². The fourth-order valence-corrected chi connectivity index (χ4v) is 7.30. The molecule has 6 aromatic carbocycles. The van der Waals surface area contributed by atoms with Gasteiger partial charge in [0.15, 0.2) is 0 Å². The van der Waals surface area contributed by atoms with Crippen LogP contribution in [0.15, 0.2) is 84.9 Å². The van der Waals surface area contributed by atoms with Crippen LogP contribution in [-0.2, 0) is 71.2 Å². The molecule has 6 aromatic rings. The molecule has 0 amide bonds. The minimum atomic E-state index is -4.87. The van der Waals surface area contributed by atoms with Crippen LogP contribution < -0.4 is 0 Å². The third-order valence-corrected chi connectivity index (χ3v) is 10.2. The van der Waals surface area contributed by atoms with E-state index in [-0.39, 0.29) is 23.3 Å². The first-order chi connectivity index (χ1) is 29.9. The molecule has 16 heteroatoms. The maximum absolute atomic E-state index is 13.3. The van der Waals surface area contributed by atoms with Gasteiger partial charge in [-0.25, -0.2) is 0 Å². The number of fused-ring (bicyclic) bond motifs is 2. The van der Waals surface area contributed by atoms with Gasteiger partial charge < -0.3 is 0 Å². The third kappa shape index (κ3) is 15.0. The van der Waals surface area contributed by atoms with Crippen molar-refractivity contribution in [3.8, 4) is 22.3 Å². The summed E-state index contributed by atoms with van der Waals surface area (Å²) < 4.78 is 160. The summed E-state index contributed by atoms with van der Waals surface area (Å²) in [6.45, 7) is 12.1. The zero-order valence-electron chi connectivity index (χ0n) is 36.0. The van der Waals surface area contributed by atoms with Gasteiger partial charge in [-0.2, -0.15) is 64.8 Å². The van der Waals surface area contributed by atoms with E-state index in [0.29, 0.717) is 34.7 Å². The molecule has 0 saturated carbocycles.